The molecule has 6 nitrogen and oxygen atoms in total. The minimum Gasteiger partial charge on any atom is -0.480 e. The molecule has 16 heavy (non-hydrogen) atoms. The van der Waals surface area contributed by atoms with Crippen LogP contribution in [0.25, 0.3) is 0 Å². The lowest BCUT2D eigenvalue weighted by atomic mass is 10.3. The lowest BCUT2D eigenvalue weighted by Crippen LogP contribution is -2.38. The number of amides is 1. The maximum absolute atomic E-state index is 11.3. The molecule has 1 amide bonds. The molecule has 1 heterocycles. The first-order valence-corrected chi connectivity index (χ1v) is 5.00. The number of carbonyl (C=O) groups is 2. The van der Waals surface area contributed by atoms with E-state index in [9.17, 15) is 9.59 Å². The van der Waals surface area contributed by atoms with Crippen LogP contribution in [-0.2, 0) is 16.1 Å². The molecular weight excluding hydrogens is 210 g/mol. The van der Waals surface area contributed by atoms with Crippen LogP contribution in [0.2, 0.25) is 0 Å². The number of carboxylic acids is 1. The number of nitrogens with zero attached hydrogens (tertiary/aromatic N) is 2. The molecule has 0 radical (unpaired) electrons. The summed E-state index contributed by atoms with van der Waals surface area (Å²) in [5.74, 6) is -1.33. The van der Waals surface area contributed by atoms with E-state index in [0.29, 0.717) is 6.54 Å². The lowest BCUT2D eigenvalue weighted by molar-refractivity contribution is -0.141. The van der Waals surface area contributed by atoms with Crippen molar-refractivity contribution in [2.75, 3.05) is 0 Å². The van der Waals surface area contributed by atoms with Gasteiger partial charge < -0.3 is 10.4 Å². The van der Waals surface area contributed by atoms with E-state index in [-0.39, 0.29) is 12.3 Å². The Morgan fingerprint density at radius 3 is 2.81 bits per heavy atom. The number of hydrogen-bond acceptors (Lipinski definition) is 3. The smallest absolute Gasteiger partial charge is 0.325 e. The maximum atomic E-state index is 11.3. The molecular formula is C10H15N3O3. The maximum Gasteiger partial charge on any atom is 0.325 e. The average Bonchev–Trinajstić information content (AvgIpc) is 2.61. The molecule has 0 unspecified atom stereocenters. The topological polar surface area (TPSA) is 84.2 Å². The quantitative estimate of drug-likeness (QED) is 0.748. The fourth-order valence-corrected chi connectivity index (χ4v) is 1.18. The van der Waals surface area contributed by atoms with Crippen LogP contribution in [0.4, 0.5) is 0 Å². The molecule has 0 aliphatic rings. The summed E-state index contributed by atoms with van der Waals surface area (Å²) in [6, 6.07) is -0.855. The summed E-state index contributed by atoms with van der Waals surface area (Å²) in [5.41, 5.74) is 1.03. The van der Waals surface area contributed by atoms with Gasteiger partial charge in [-0.2, -0.15) is 5.10 Å². The van der Waals surface area contributed by atoms with Crippen LogP contribution in [0.15, 0.2) is 12.4 Å². The number of aromatic nitrogens is 2. The summed E-state index contributed by atoms with van der Waals surface area (Å²) in [4.78, 5) is 21.8. The molecule has 1 aromatic heterocycles. The normalized spacial score (nSPS) is 12.1. The highest BCUT2D eigenvalue weighted by Crippen LogP contribution is 1.96. The van der Waals surface area contributed by atoms with E-state index in [1.54, 1.807) is 10.9 Å². The molecule has 0 saturated heterocycles. The van der Waals surface area contributed by atoms with Gasteiger partial charge in [-0.25, -0.2) is 0 Å². The Bertz CT molecular complexity index is 386. The van der Waals surface area contributed by atoms with Crippen LogP contribution in [-0.4, -0.2) is 32.8 Å². The minimum absolute atomic E-state index is 0.221. The van der Waals surface area contributed by atoms with Crippen LogP contribution in [0.3, 0.4) is 0 Å². The predicted octanol–water partition coefficient (Wildman–Crippen LogP) is 0.171. The Balaban J connectivity index is 2.33. The van der Waals surface area contributed by atoms with Gasteiger partial charge in [0.1, 0.15) is 6.04 Å². The number of hydrogen-bond donors (Lipinski definition) is 2. The predicted molar refractivity (Wildman–Crippen MR) is 56.8 cm³/mol. The van der Waals surface area contributed by atoms with Crippen LogP contribution >= 0.6 is 0 Å². The van der Waals surface area contributed by atoms with Crippen LogP contribution in [0.5, 0.6) is 0 Å². The fourth-order valence-electron chi connectivity index (χ4n) is 1.18. The number of aliphatic carboxylic acids is 1. The van der Waals surface area contributed by atoms with Gasteiger partial charge in [0, 0.05) is 19.2 Å². The van der Waals surface area contributed by atoms with Crippen molar-refractivity contribution in [2.45, 2.75) is 32.9 Å². The monoisotopic (exact) mass is 225 g/mol. The van der Waals surface area contributed by atoms with Gasteiger partial charge in [0.2, 0.25) is 5.91 Å². The Kier molecular flexibility index (Phi) is 4.04. The number of nitrogens with one attached hydrogen (secondary N) is 1. The molecule has 1 aromatic rings. The summed E-state index contributed by atoms with van der Waals surface area (Å²) in [7, 11) is 0. The average molecular weight is 225 g/mol. The standard InChI is InChI=1S/C10H15N3O3/c1-7-5-11-13(6-7)4-3-9(14)12-8(2)10(15)16/h5-6,8H,3-4H2,1-2H3,(H,12,14)(H,15,16)/t8-/m1/s1. The first-order valence-electron chi connectivity index (χ1n) is 5.00. The Hall–Kier alpha value is -1.85. The summed E-state index contributed by atoms with van der Waals surface area (Å²) in [6.45, 7) is 3.79. The van der Waals surface area contributed by atoms with Gasteiger partial charge in [-0.3, -0.25) is 14.3 Å². The molecule has 0 saturated carbocycles. The summed E-state index contributed by atoms with van der Waals surface area (Å²) in [5, 5.41) is 15.0. The number of carbonyl (C=O) groups excluding carboxylic acids is 1. The second kappa shape index (κ2) is 5.29. The number of aryl methyl sites for hydroxylation is 2. The third-order valence-corrected chi connectivity index (χ3v) is 2.08. The van der Waals surface area contributed by atoms with Crippen molar-refractivity contribution in [1.29, 1.82) is 0 Å². The largest absolute Gasteiger partial charge is 0.480 e. The Labute approximate surface area is 93.3 Å². The van der Waals surface area contributed by atoms with Crippen molar-refractivity contribution in [3.05, 3.63) is 18.0 Å². The zero-order valence-electron chi connectivity index (χ0n) is 9.30. The number of rotatable bonds is 5. The Morgan fingerprint density at radius 1 is 1.62 bits per heavy atom. The Morgan fingerprint density at radius 2 is 2.31 bits per heavy atom. The molecule has 2 N–H and O–H groups in total. The van der Waals surface area contributed by atoms with Gasteiger partial charge in [0.25, 0.3) is 0 Å². The molecule has 6 heteroatoms. The third-order valence-electron chi connectivity index (χ3n) is 2.08. The van der Waals surface area contributed by atoms with Gasteiger partial charge in [0.05, 0.1) is 6.20 Å². The van der Waals surface area contributed by atoms with Crippen molar-refractivity contribution in [3.63, 3.8) is 0 Å². The van der Waals surface area contributed by atoms with Crippen molar-refractivity contribution < 1.29 is 14.7 Å². The van der Waals surface area contributed by atoms with Crippen LogP contribution in [0, 0.1) is 6.92 Å². The molecule has 0 aliphatic carbocycles. The van der Waals surface area contributed by atoms with Gasteiger partial charge >= 0.3 is 5.97 Å². The van der Waals surface area contributed by atoms with E-state index in [1.165, 1.54) is 6.92 Å². The van der Waals surface area contributed by atoms with E-state index in [2.05, 4.69) is 10.4 Å². The molecule has 0 aliphatic heterocycles. The highest BCUT2D eigenvalue weighted by atomic mass is 16.4. The van der Waals surface area contributed by atoms with Crippen molar-refractivity contribution in [3.8, 4) is 0 Å². The second-order valence-electron chi connectivity index (χ2n) is 3.66. The van der Waals surface area contributed by atoms with Gasteiger partial charge in [0.15, 0.2) is 0 Å². The summed E-state index contributed by atoms with van der Waals surface area (Å²) in [6.07, 6.45) is 3.75. The first-order chi connectivity index (χ1) is 7.49. The molecule has 0 spiro atoms. The number of carboxylic acid groups (broad SMARTS) is 1. The van der Waals surface area contributed by atoms with Crippen molar-refractivity contribution in [1.82, 2.24) is 15.1 Å². The van der Waals surface area contributed by atoms with E-state index in [4.69, 9.17) is 5.11 Å². The van der Waals surface area contributed by atoms with E-state index in [0.717, 1.165) is 5.56 Å². The summed E-state index contributed by atoms with van der Waals surface area (Å²) >= 11 is 0. The van der Waals surface area contributed by atoms with E-state index < -0.39 is 12.0 Å². The van der Waals surface area contributed by atoms with E-state index in [1.807, 2.05) is 13.1 Å². The zero-order chi connectivity index (χ0) is 12.1. The highest BCUT2D eigenvalue weighted by Gasteiger charge is 2.13. The third kappa shape index (κ3) is 3.72. The van der Waals surface area contributed by atoms with Crippen molar-refractivity contribution >= 4 is 11.9 Å². The molecule has 0 aromatic carbocycles. The molecule has 88 valence electrons. The van der Waals surface area contributed by atoms with Gasteiger partial charge in [-0.1, -0.05) is 0 Å². The molecule has 1 rings (SSSR count). The minimum atomic E-state index is -1.04. The van der Waals surface area contributed by atoms with Crippen LogP contribution in [0.1, 0.15) is 18.9 Å². The lowest BCUT2D eigenvalue weighted by Gasteiger charge is -2.08. The SMILES string of the molecule is Cc1cnn(CCC(=O)N[C@H](C)C(=O)O)c1. The first kappa shape index (κ1) is 12.2. The van der Waals surface area contributed by atoms with Crippen LogP contribution < -0.4 is 5.32 Å². The van der Waals surface area contributed by atoms with E-state index >= 15 is 0 Å². The zero-order valence-corrected chi connectivity index (χ0v) is 9.30. The van der Waals surface area contributed by atoms with Gasteiger partial charge in [-0.15, -0.1) is 0 Å². The molecule has 0 bridgehead atoms. The summed E-state index contributed by atoms with van der Waals surface area (Å²) < 4.78 is 1.65. The fraction of sp³-hybridized carbons (Fsp3) is 0.500. The van der Waals surface area contributed by atoms with Crippen molar-refractivity contribution in [2.24, 2.45) is 0 Å². The molecule has 1 atom stereocenters. The van der Waals surface area contributed by atoms with Gasteiger partial charge in [-0.05, 0) is 19.4 Å². The highest BCUT2D eigenvalue weighted by molar-refractivity contribution is 5.83. The molecule has 0 fully saturated rings. The second-order valence-corrected chi connectivity index (χ2v) is 3.66.